The third-order valence-corrected chi connectivity index (χ3v) is 15.3. The van der Waals surface area contributed by atoms with E-state index < -0.39 is 0 Å². The number of aliphatic imine (C=N–C) groups is 2. The lowest BCUT2D eigenvalue weighted by molar-refractivity contribution is 0.125. The van der Waals surface area contributed by atoms with Crippen LogP contribution in [0, 0.1) is 10.8 Å². The predicted molar refractivity (Wildman–Crippen MR) is 262 cm³/mol. The molecule has 8 aromatic rings. The maximum Gasteiger partial charge on any atom is 0.163 e. The maximum atomic E-state index is 9.64. The first kappa shape index (κ1) is 39.5. The number of fused-ring (bicyclic) bond motifs is 7. The fraction of sp³-hybridized carbons (Fsp3) is 0.224. The van der Waals surface area contributed by atoms with Gasteiger partial charge in [-0.3, -0.25) is 9.98 Å². The SMILES string of the molecule is C/C(=N\C(=N/C(=N)c1cc(-c2ccccc2)cc(-c2ccccc2)c1)c1ccccc1)n1c2cc3c(cc2c2cc4c(cc21)C(C)(C)C(C)(C)C4(C)C)-c1ccccc1C3(C)C. The molecule has 0 fully saturated rings. The smallest absolute Gasteiger partial charge is 0.163 e. The van der Waals surface area contributed by atoms with E-state index in [2.05, 4.69) is 182 Å². The van der Waals surface area contributed by atoms with E-state index in [4.69, 9.17) is 9.98 Å². The molecule has 1 aromatic heterocycles. The van der Waals surface area contributed by atoms with Crippen molar-refractivity contribution in [1.29, 1.82) is 5.41 Å². The zero-order valence-corrected chi connectivity index (χ0v) is 37.4. The molecule has 2 aliphatic carbocycles. The predicted octanol–water partition coefficient (Wildman–Crippen LogP) is 14.8. The summed E-state index contributed by atoms with van der Waals surface area (Å²) in [5, 5.41) is 12.1. The molecule has 0 radical (unpaired) electrons. The van der Waals surface area contributed by atoms with Gasteiger partial charge in [0.05, 0.1) is 11.0 Å². The molecule has 2 aliphatic rings. The van der Waals surface area contributed by atoms with Crippen LogP contribution in [0.5, 0.6) is 0 Å². The van der Waals surface area contributed by atoms with Crippen LogP contribution in [0.25, 0.3) is 55.2 Å². The fourth-order valence-corrected chi connectivity index (χ4v) is 10.6. The average molecular weight is 807 g/mol. The van der Waals surface area contributed by atoms with Crippen LogP contribution in [0.4, 0.5) is 0 Å². The third kappa shape index (κ3) is 5.83. The van der Waals surface area contributed by atoms with E-state index in [1.54, 1.807) is 0 Å². The number of nitrogens with one attached hydrogen (secondary N) is 1. The number of rotatable bonds is 4. The molecule has 62 heavy (non-hydrogen) atoms. The van der Waals surface area contributed by atoms with E-state index >= 15 is 0 Å². The van der Waals surface area contributed by atoms with E-state index in [1.165, 1.54) is 44.2 Å². The van der Waals surface area contributed by atoms with Gasteiger partial charge in [-0.05, 0) is 121 Å². The monoisotopic (exact) mass is 806 g/mol. The largest absolute Gasteiger partial charge is 0.297 e. The standard InChI is InChI=1S/C58H54N4/c1-36(60-54(39-25-17-12-18-26-39)61-53(59)42-30-40(37-21-13-10-14-22-37)29-41(31-42)38-23-15-11-16-24-38)62-51-34-48-44(43-27-19-20-28-47(43)55(48,2)3)32-45(51)46-33-49-50(35-52(46)62)57(6,7)58(8,9)56(49,4)5/h10-35,59H,1-9H3/b59-53?,60-36+,61-54-. The lowest BCUT2D eigenvalue weighted by Crippen LogP contribution is -2.42. The number of amidine groups is 2. The molecule has 0 saturated carbocycles. The highest BCUT2D eigenvalue weighted by Crippen LogP contribution is 2.62. The second kappa shape index (κ2) is 13.9. The van der Waals surface area contributed by atoms with Crippen molar-refractivity contribution in [2.75, 3.05) is 0 Å². The van der Waals surface area contributed by atoms with Crippen molar-refractivity contribution >= 4 is 39.3 Å². The molecule has 7 aromatic carbocycles. The first-order valence-corrected chi connectivity index (χ1v) is 21.9. The van der Waals surface area contributed by atoms with E-state index in [-0.39, 0.29) is 27.5 Å². The summed E-state index contributed by atoms with van der Waals surface area (Å²) in [6.07, 6.45) is 0. The van der Waals surface area contributed by atoms with Gasteiger partial charge in [-0.25, -0.2) is 9.98 Å². The zero-order valence-electron chi connectivity index (χ0n) is 37.4. The van der Waals surface area contributed by atoms with Crippen molar-refractivity contribution in [2.45, 2.75) is 78.6 Å². The Morgan fingerprint density at radius 1 is 0.452 bits per heavy atom. The van der Waals surface area contributed by atoms with Crippen LogP contribution >= 0.6 is 0 Å². The maximum absolute atomic E-state index is 9.64. The van der Waals surface area contributed by atoms with Crippen molar-refractivity contribution in [2.24, 2.45) is 15.4 Å². The van der Waals surface area contributed by atoms with Crippen molar-refractivity contribution in [1.82, 2.24) is 4.57 Å². The van der Waals surface area contributed by atoms with Gasteiger partial charge < -0.3 is 0 Å². The molecular weight excluding hydrogens is 753 g/mol. The minimum absolute atomic E-state index is 0.0147. The van der Waals surface area contributed by atoms with E-state index in [1.807, 2.05) is 42.5 Å². The van der Waals surface area contributed by atoms with Crippen LogP contribution in [-0.4, -0.2) is 22.1 Å². The molecule has 10 rings (SSSR count). The average Bonchev–Trinajstić information content (AvgIpc) is 3.75. The summed E-state index contributed by atoms with van der Waals surface area (Å²) < 4.78 is 2.37. The molecule has 0 saturated heterocycles. The lowest BCUT2D eigenvalue weighted by Gasteiger charge is -2.44. The highest BCUT2D eigenvalue weighted by atomic mass is 15.1. The second-order valence-corrected chi connectivity index (χ2v) is 19.6. The van der Waals surface area contributed by atoms with Gasteiger partial charge in [0.25, 0.3) is 0 Å². The number of hydrogen-bond donors (Lipinski definition) is 1. The van der Waals surface area contributed by atoms with Gasteiger partial charge in [-0.15, -0.1) is 0 Å². The van der Waals surface area contributed by atoms with Gasteiger partial charge in [-0.2, -0.15) is 0 Å². The molecule has 0 atom stereocenters. The fourth-order valence-electron chi connectivity index (χ4n) is 10.6. The van der Waals surface area contributed by atoms with Gasteiger partial charge in [0.1, 0.15) is 5.84 Å². The highest BCUT2D eigenvalue weighted by molar-refractivity contribution is 6.19. The van der Waals surface area contributed by atoms with E-state index in [9.17, 15) is 5.41 Å². The lowest BCUT2D eigenvalue weighted by atomic mass is 9.59. The Labute approximate surface area is 366 Å². The topological polar surface area (TPSA) is 53.5 Å². The van der Waals surface area contributed by atoms with Gasteiger partial charge >= 0.3 is 0 Å². The summed E-state index contributed by atoms with van der Waals surface area (Å²) in [6, 6.07) is 55.9. The number of hydrogen-bond acceptors (Lipinski definition) is 1. The molecule has 4 heteroatoms. The Balaban J connectivity index is 1.20. The first-order chi connectivity index (χ1) is 29.6. The number of benzene rings is 7. The second-order valence-electron chi connectivity index (χ2n) is 19.6. The summed E-state index contributed by atoms with van der Waals surface area (Å²) >= 11 is 0. The quantitative estimate of drug-likeness (QED) is 0.136. The Morgan fingerprint density at radius 2 is 0.952 bits per heavy atom. The highest BCUT2D eigenvalue weighted by Gasteiger charge is 2.57. The van der Waals surface area contributed by atoms with Crippen molar-refractivity contribution in [3.05, 3.63) is 191 Å². The summed E-state index contributed by atoms with van der Waals surface area (Å²) in [7, 11) is 0. The Kier molecular flexibility index (Phi) is 8.88. The molecule has 1 heterocycles. The summed E-state index contributed by atoms with van der Waals surface area (Å²) in [6.45, 7) is 21.3. The minimum Gasteiger partial charge on any atom is -0.297 e. The third-order valence-electron chi connectivity index (χ3n) is 15.3. The Hall–Kier alpha value is -6.65. The molecule has 0 amide bonds. The molecular formula is C58H54N4. The van der Waals surface area contributed by atoms with Crippen LogP contribution in [-0.2, 0) is 16.2 Å². The Morgan fingerprint density at radius 3 is 1.55 bits per heavy atom. The Bertz CT molecular complexity index is 3120. The molecule has 0 bridgehead atoms. The van der Waals surface area contributed by atoms with E-state index in [0.29, 0.717) is 5.84 Å². The summed E-state index contributed by atoms with van der Waals surface area (Å²) in [5.41, 5.74) is 15.9. The zero-order chi connectivity index (χ0) is 43.3. The van der Waals surface area contributed by atoms with Crippen LogP contribution in [0.2, 0.25) is 0 Å². The van der Waals surface area contributed by atoms with E-state index in [0.717, 1.165) is 50.2 Å². The van der Waals surface area contributed by atoms with Crippen molar-refractivity contribution in [3.8, 4) is 33.4 Å². The van der Waals surface area contributed by atoms with Crippen LogP contribution < -0.4 is 0 Å². The molecule has 306 valence electrons. The summed E-state index contributed by atoms with van der Waals surface area (Å²) in [4.78, 5) is 10.6. The van der Waals surface area contributed by atoms with Gasteiger partial charge in [0.15, 0.2) is 11.7 Å². The number of nitrogens with zero attached hydrogens (tertiary/aromatic N) is 3. The summed E-state index contributed by atoms with van der Waals surface area (Å²) in [5.74, 6) is 1.44. The first-order valence-electron chi connectivity index (χ1n) is 21.9. The minimum atomic E-state index is -0.166. The van der Waals surface area contributed by atoms with Crippen molar-refractivity contribution in [3.63, 3.8) is 0 Å². The van der Waals surface area contributed by atoms with Gasteiger partial charge in [0.2, 0.25) is 0 Å². The van der Waals surface area contributed by atoms with Crippen molar-refractivity contribution < 1.29 is 0 Å². The molecule has 4 nitrogen and oxygen atoms in total. The van der Waals surface area contributed by atoms with Crippen LogP contribution in [0.15, 0.2) is 168 Å². The van der Waals surface area contributed by atoms with Gasteiger partial charge in [0, 0.05) is 27.3 Å². The van der Waals surface area contributed by atoms with Gasteiger partial charge in [-0.1, -0.05) is 171 Å². The number of aromatic nitrogens is 1. The molecule has 0 unspecified atom stereocenters. The van der Waals surface area contributed by atoms with Crippen LogP contribution in [0.3, 0.4) is 0 Å². The molecule has 1 N–H and O–H groups in total. The van der Waals surface area contributed by atoms with Crippen LogP contribution in [0.1, 0.15) is 95.7 Å². The molecule has 0 spiro atoms. The normalized spacial score (nSPS) is 16.9. The molecule has 0 aliphatic heterocycles.